The van der Waals surface area contributed by atoms with Gasteiger partial charge in [0.2, 0.25) is 5.91 Å². The normalized spacial score (nSPS) is 22.2. The van der Waals surface area contributed by atoms with Crippen LogP contribution in [0.1, 0.15) is 26.2 Å². The fourth-order valence-corrected chi connectivity index (χ4v) is 2.45. The molecule has 0 aromatic heterocycles. The van der Waals surface area contributed by atoms with Crippen molar-refractivity contribution in [3.63, 3.8) is 0 Å². The van der Waals surface area contributed by atoms with E-state index in [4.69, 9.17) is 0 Å². The van der Waals surface area contributed by atoms with E-state index in [2.05, 4.69) is 5.32 Å². The molecule has 0 aromatic carbocycles. The number of carboxylic acids is 1. The zero-order chi connectivity index (χ0) is 15.3. The summed E-state index contributed by atoms with van der Waals surface area (Å²) in [6, 6.07) is -1.20. The van der Waals surface area contributed by atoms with Gasteiger partial charge in [-0.25, -0.2) is 9.59 Å². The van der Waals surface area contributed by atoms with Gasteiger partial charge in [-0.1, -0.05) is 13.3 Å². The molecule has 1 saturated heterocycles. The number of piperidine rings is 1. The predicted octanol–water partition coefficient (Wildman–Crippen LogP) is 0.359. The molecule has 1 rings (SSSR count). The molecular formula is C13H23N3O4. The zero-order valence-corrected chi connectivity index (χ0v) is 12.3. The summed E-state index contributed by atoms with van der Waals surface area (Å²) < 4.78 is 0. The van der Waals surface area contributed by atoms with Gasteiger partial charge in [0, 0.05) is 20.6 Å². The molecule has 114 valence electrons. The number of nitrogens with zero attached hydrogens (tertiary/aromatic N) is 2. The Balaban J connectivity index is 2.74. The monoisotopic (exact) mass is 285 g/mol. The minimum atomic E-state index is -0.982. The number of urea groups is 1. The smallest absolute Gasteiger partial charge is 0.326 e. The van der Waals surface area contributed by atoms with Gasteiger partial charge in [-0.3, -0.25) is 4.79 Å². The van der Waals surface area contributed by atoms with Gasteiger partial charge in [0.1, 0.15) is 12.6 Å². The molecule has 1 heterocycles. The molecule has 0 bridgehead atoms. The molecule has 0 spiro atoms. The Hall–Kier alpha value is -1.79. The Morgan fingerprint density at radius 1 is 1.40 bits per heavy atom. The fourth-order valence-electron chi connectivity index (χ4n) is 2.45. The minimum Gasteiger partial charge on any atom is -0.480 e. The highest BCUT2D eigenvalue weighted by Gasteiger charge is 2.36. The first-order chi connectivity index (χ1) is 9.40. The zero-order valence-electron chi connectivity index (χ0n) is 12.3. The topological polar surface area (TPSA) is 90.0 Å². The molecule has 0 saturated carbocycles. The van der Waals surface area contributed by atoms with Crippen LogP contribution in [0, 0.1) is 5.92 Å². The largest absolute Gasteiger partial charge is 0.480 e. The molecule has 1 aliphatic rings. The minimum absolute atomic E-state index is 0.0740. The van der Waals surface area contributed by atoms with Crippen molar-refractivity contribution in [3.05, 3.63) is 0 Å². The molecule has 1 fully saturated rings. The molecular weight excluding hydrogens is 262 g/mol. The van der Waals surface area contributed by atoms with Crippen LogP contribution in [0.25, 0.3) is 0 Å². The summed E-state index contributed by atoms with van der Waals surface area (Å²) in [4.78, 5) is 37.5. The molecule has 2 atom stereocenters. The summed E-state index contributed by atoms with van der Waals surface area (Å²) in [7, 11) is 3.00. The maximum Gasteiger partial charge on any atom is 0.326 e. The van der Waals surface area contributed by atoms with Crippen molar-refractivity contribution in [3.8, 4) is 0 Å². The van der Waals surface area contributed by atoms with Gasteiger partial charge < -0.3 is 20.2 Å². The third-order valence-corrected chi connectivity index (χ3v) is 3.81. The molecule has 2 unspecified atom stereocenters. The highest BCUT2D eigenvalue weighted by molar-refractivity contribution is 5.86. The second kappa shape index (κ2) is 7.12. The summed E-state index contributed by atoms with van der Waals surface area (Å²) in [5.74, 6) is -0.926. The van der Waals surface area contributed by atoms with Gasteiger partial charge in [-0.15, -0.1) is 0 Å². The number of hydrogen-bond acceptors (Lipinski definition) is 3. The Morgan fingerprint density at radius 2 is 2.05 bits per heavy atom. The summed E-state index contributed by atoms with van der Waals surface area (Å²) in [5.41, 5.74) is 0. The Morgan fingerprint density at radius 3 is 2.55 bits per heavy atom. The first kappa shape index (κ1) is 16.3. The molecule has 0 aromatic rings. The molecule has 7 heteroatoms. The van der Waals surface area contributed by atoms with E-state index in [1.807, 2.05) is 6.92 Å². The van der Waals surface area contributed by atoms with Crippen molar-refractivity contribution >= 4 is 17.9 Å². The first-order valence-electron chi connectivity index (χ1n) is 6.85. The quantitative estimate of drug-likeness (QED) is 0.780. The van der Waals surface area contributed by atoms with E-state index in [9.17, 15) is 19.5 Å². The average Bonchev–Trinajstić information content (AvgIpc) is 2.45. The first-order valence-corrected chi connectivity index (χ1v) is 6.85. The number of rotatable bonds is 4. The lowest BCUT2D eigenvalue weighted by Gasteiger charge is -2.38. The molecule has 2 N–H and O–H groups in total. The van der Waals surface area contributed by atoms with Crippen molar-refractivity contribution in [1.29, 1.82) is 0 Å². The molecule has 0 aliphatic carbocycles. The Bertz CT molecular complexity index is 386. The molecule has 3 amide bonds. The van der Waals surface area contributed by atoms with Crippen LogP contribution in [0.15, 0.2) is 0 Å². The Kier molecular flexibility index (Phi) is 5.79. The van der Waals surface area contributed by atoms with Crippen molar-refractivity contribution in [2.75, 3.05) is 27.2 Å². The van der Waals surface area contributed by atoms with Crippen LogP contribution in [0.2, 0.25) is 0 Å². The third kappa shape index (κ3) is 3.85. The number of amides is 3. The number of carbonyl (C=O) groups excluding carboxylic acids is 2. The van der Waals surface area contributed by atoms with Crippen LogP contribution in [0.5, 0.6) is 0 Å². The van der Waals surface area contributed by atoms with Crippen molar-refractivity contribution in [2.45, 2.75) is 32.2 Å². The van der Waals surface area contributed by atoms with E-state index in [1.165, 1.54) is 23.9 Å². The lowest BCUT2D eigenvalue weighted by atomic mass is 9.89. The lowest BCUT2D eigenvalue weighted by Crippen LogP contribution is -2.54. The number of carbonyl (C=O) groups is 3. The predicted molar refractivity (Wildman–Crippen MR) is 73.2 cm³/mol. The van der Waals surface area contributed by atoms with Gasteiger partial charge in [0.15, 0.2) is 0 Å². The summed E-state index contributed by atoms with van der Waals surface area (Å²) in [6.07, 6.45) is 2.20. The third-order valence-electron chi connectivity index (χ3n) is 3.81. The van der Waals surface area contributed by atoms with Crippen LogP contribution in [0.3, 0.4) is 0 Å². The Labute approximate surface area is 118 Å². The summed E-state index contributed by atoms with van der Waals surface area (Å²) in [5, 5.41) is 11.7. The lowest BCUT2D eigenvalue weighted by molar-refractivity contribution is -0.144. The van der Waals surface area contributed by atoms with E-state index in [0.717, 1.165) is 12.8 Å². The molecule has 7 nitrogen and oxygen atoms in total. The highest BCUT2D eigenvalue weighted by Crippen LogP contribution is 2.26. The van der Waals surface area contributed by atoms with Gasteiger partial charge in [-0.2, -0.15) is 0 Å². The SMILES string of the molecule is CCC1CCN(C(=O)N(C)CC(=O)NC)C(C(=O)O)C1. The number of nitrogens with one attached hydrogen (secondary N) is 1. The van der Waals surface area contributed by atoms with Crippen LogP contribution in [0.4, 0.5) is 4.79 Å². The maximum absolute atomic E-state index is 12.3. The van der Waals surface area contributed by atoms with Crippen molar-refractivity contribution in [1.82, 2.24) is 15.1 Å². The average molecular weight is 285 g/mol. The summed E-state index contributed by atoms with van der Waals surface area (Å²) in [6.45, 7) is 2.38. The number of carboxylic acid groups (broad SMARTS) is 1. The van der Waals surface area contributed by atoms with Crippen LogP contribution < -0.4 is 5.32 Å². The number of hydrogen-bond donors (Lipinski definition) is 2. The van der Waals surface area contributed by atoms with Gasteiger partial charge in [-0.05, 0) is 18.8 Å². The van der Waals surface area contributed by atoms with E-state index < -0.39 is 18.0 Å². The van der Waals surface area contributed by atoms with Crippen molar-refractivity contribution < 1.29 is 19.5 Å². The van der Waals surface area contributed by atoms with Crippen molar-refractivity contribution in [2.24, 2.45) is 5.92 Å². The second-order valence-corrected chi connectivity index (χ2v) is 5.16. The number of likely N-dealkylation sites (tertiary alicyclic amines) is 1. The molecule has 0 radical (unpaired) electrons. The fraction of sp³-hybridized carbons (Fsp3) is 0.769. The van der Waals surface area contributed by atoms with E-state index >= 15 is 0 Å². The number of aliphatic carboxylic acids is 1. The van der Waals surface area contributed by atoms with E-state index in [-0.39, 0.29) is 12.5 Å². The van der Waals surface area contributed by atoms with Crippen LogP contribution in [-0.4, -0.2) is 66.0 Å². The van der Waals surface area contributed by atoms with E-state index in [0.29, 0.717) is 18.9 Å². The molecule has 20 heavy (non-hydrogen) atoms. The van der Waals surface area contributed by atoms with Gasteiger partial charge in [0.25, 0.3) is 0 Å². The molecule has 1 aliphatic heterocycles. The van der Waals surface area contributed by atoms with E-state index in [1.54, 1.807) is 0 Å². The van der Waals surface area contributed by atoms with Gasteiger partial charge >= 0.3 is 12.0 Å². The maximum atomic E-state index is 12.3. The second-order valence-electron chi connectivity index (χ2n) is 5.16. The van der Waals surface area contributed by atoms with Gasteiger partial charge in [0.05, 0.1) is 0 Å². The number of likely N-dealkylation sites (N-methyl/N-ethyl adjacent to an activating group) is 2. The van der Waals surface area contributed by atoms with Crippen LogP contribution in [-0.2, 0) is 9.59 Å². The highest BCUT2D eigenvalue weighted by atomic mass is 16.4. The van der Waals surface area contributed by atoms with Crippen LogP contribution >= 0.6 is 0 Å². The summed E-state index contributed by atoms with van der Waals surface area (Å²) >= 11 is 0. The standard InChI is InChI=1S/C13H23N3O4/c1-4-9-5-6-16(10(7-9)12(18)19)13(20)15(3)8-11(17)14-2/h9-10H,4-8H2,1-3H3,(H,14,17)(H,18,19).